The summed E-state index contributed by atoms with van der Waals surface area (Å²) in [6.45, 7) is 10.9. The lowest BCUT2D eigenvalue weighted by Crippen LogP contribution is -2.56. The number of nitrogens with zero attached hydrogens (tertiary/aromatic N) is 2. The van der Waals surface area contributed by atoms with Crippen LogP contribution in [0.5, 0.6) is 0 Å². The van der Waals surface area contributed by atoms with E-state index in [0.29, 0.717) is 54.4 Å². The first-order chi connectivity index (χ1) is 32.2. The Kier molecular flexibility index (Phi) is 12.6. The van der Waals surface area contributed by atoms with Crippen LogP contribution in [-0.2, 0) is 52.6 Å². The van der Waals surface area contributed by atoms with Crippen molar-refractivity contribution in [3.63, 3.8) is 0 Å². The molecule has 0 unspecified atom stereocenters. The van der Waals surface area contributed by atoms with Gasteiger partial charge in [-0.25, -0.2) is 9.59 Å². The summed E-state index contributed by atoms with van der Waals surface area (Å²) in [6.07, 6.45) is 2.13. The molecule has 4 aromatic carbocycles. The second-order valence-electron chi connectivity index (χ2n) is 20.1. The molecule has 1 aliphatic carbocycles. The molecule has 0 bridgehead atoms. The molecule has 2 aliphatic heterocycles. The summed E-state index contributed by atoms with van der Waals surface area (Å²) >= 11 is 0. The number of likely N-dealkylation sites (tertiary alicyclic amines) is 2. The Labute approximate surface area is 396 Å². The Morgan fingerprint density at radius 2 is 1.09 bits per heavy atom. The van der Waals surface area contributed by atoms with Gasteiger partial charge in [0, 0.05) is 35.2 Å². The first kappa shape index (κ1) is 47.3. The number of carbonyl (C=O) groups excluding carboxylic acids is 6. The van der Waals surface area contributed by atoms with Crippen LogP contribution >= 0.6 is 0 Å². The van der Waals surface area contributed by atoms with Crippen molar-refractivity contribution in [3.8, 4) is 11.3 Å². The third-order valence-corrected chi connectivity index (χ3v) is 13.3. The van der Waals surface area contributed by atoms with Crippen molar-refractivity contribution in [1.82, 2.24) is 25.4 Å². The molecule has 7 N–H and O–H groups in total. The topological polar surface area (TPSA) is 219 Å². The Hall–Kier alpha value is -7.16. The Balaban J connectivity index is 1.14. The zero-order chi connectivity index (χ0) is 48.8. The Morgan fingerprint density at radius 1 is 0.618 bits per heavy atom. The molecule has 0 saturated carbocycles. The van der Waals surface area contributed by atoms with Gasteiger partial charge < -0.3 is 46.4 Å². The minimum atomic E-state index is -1.51. The number of fused-ring (bicyclic) bond motifs is 5. The van der Waals surface area contributed by atoms with E-state index in [9.17, 15) is 28.8 Å². The van der Waals surface area contributed by atoms with Gasteiger partial charge in [0.15, 0.2) is 0 Å². The van der Waals surface area contributed by atoms with Crippen LogP contribution in [0.2, 0.25) is 0 Å². The normalized spacial score (nSPS) is 20.1. The molecule has 1 aromatic heterocycles. The van der Waals surface area contributed by atoms with Crippen LogP contribution in [0.4, 0.5) is 9.59 Å². The van der Waals surface area contributed by atoms with E-state index in [2.05, 4.69) is 15.6 Å². The van der Waals surface area contributed by atoms with Crippen molar-refractivity contribution >= 4 is 46.7 Å². The summed E-state index contributed by atoms with van der Waals surface area (Å²) in [5.41, 5.74) is 14.9. The van der Waals surface area contributed by atoms with Crippen molar-refractivity contribution in [2.75, 3.05) is 13.1 Å². The smallest absolute Gasteiger partial charge is 0.408 e. The summed E-state index contributed by atoms with van der Waals surface area (Å²) < 4.78 is 11.1. The summed E-state index contributed by atoms with van der Waals surface area (Å²) in [7, 11) is 0. The standard InChI is InChI=1S/C53H61N7O8/c1-50(2,3)67-48(65)57-41(32-16-9-7-10-17-32)44(61)59-28-14-26-52(59,46(54)63)35-22-24-37-34(30-35)20-13-21-38-39-31-36(23-25-40(39)56-43(37)38)53(47(55)64)27-15-29-60(53)45(62)42(33-18-11-8-12-19-33)58-49(66)68-51(4,5)6/h7-12,16-19,22-25,30-31,41-42,56H,13-15,20-21,26-29H2,1-6H3,(H2,54,63)(H2,55,64)(H,57,65)(H,58,66)/t41-,42-,52+,53+/m1/s1. The molecule has 3 aliphatic rings. The van der Waals surface area contributed by atoms with Crippen LogP contribution in [0.15, 0.2) is 97.1 Å². The SMILES string of the molecule is CC(C)(C)OC(=O)N[C@@H](C(=O)N1CCC[C@@]1(C(N)=O)c1ccc2c(c1)CCCc1c-2[nH]c2ccc([C@]3(C(N)=O)CCCN3C(=O)[C@H](NC(=O)OC(C)(C)C)c3ccccc3)cc12)c1ccccc1. The van der Waals surface area contributed by atoms with Crippen LogP contribution in [0.1, 0.15) is 119 Å². The first-order valence-corrected chi connectivity index (χ1v) is 23.3. The highest BCUT2D eigenvalue weighted by Crippen LogP contribution is 2.46. The van der Waals surface area contributed by atoms with Gasteiger partial charge in [0.1, 0.15) is 34.4 Å². The number of aromatic nitrogens is 1. The summed E-state index contributed by atoms with van der Waals surface area (Å²) in [6, 6.07) is 26.9. The number of hydrogen-bond donors (Lipinski definition) is 5. The number of nitrogens with one attached hydrogen (secondary N) is 3. The zero-order valence-electron chi connectivity index (χ0n) is 39.6. The van der Waals surface area contributed by atoms with Gasteiger partial charge in [-0.3, -0.25) is 19.2 Å². The maximum atomic E-state index is 14.8. The number of carbonyl (C=O) groups is 6. The van der Waals surface area contributed by atoms with Gasteiger partial charge in [-0.1, -0.05) is 84.9 Å². The lowest BCUT2D eigenvalue weighted by molar-refractivity contribution is -0.146. The van der Waals surface area contributed by atoms with Gasteiger partial charge >= 0.3 is 12.2 Å². The molecule has 6 amide bonds. The fraction of sp³-hybridized carbons (Fsp3) is 0.396. The van der Waals surface area contributed by atoms with E-state index in [-0.39, 0.29) is 19.5 Å². The number of aryl methyl sites for hydroxylation is 2. The predicted molar refractivity (Wildman–Crippen MR) is 257 cm³/mol. The van der Waals surface area contributed by atoms with Crippen molar-refractivity contribution in [2.24, 2.45) is 11.5 Å². The fourth-order valence-corrected chi connectivity index (χ4v) is 10.4. The minimum absolute atomic E-state index is 0.239. The number of hydrogen-bond acceptors (Lipinski definition) is 8. The third kappa shape index (κ3) is 8.89. The molecule has 0 radical (unpaired) electrons. The highest BCUT2D eigenvalue weighted by atomic mass is 16.6. The van der Waals surface area contributed by atoms with Crippen LogP contribution in [-0.4, -0.2) is 74.9 Å². The van der Waals surface area contributed by atoms with E-state index in [0.717, 1.165) is 39.7 Å². The van der Waals surface area contributed by atoms with Crippen molar-refractivity contribution in [3.05, 3.63) is 130 Å². The largest absolute Gasteiger partial charge is 0.444 e. The Bertz CT molecular complexity index is 2780. The molecule has 2 saturated heterocycles. The van der Waals surface area contributed by atoms with Crippen LogP contribution in [0.25, 0.3) is 22.2 Å². The van der Waals surface area contributed by atoms with Crippen LogP contribution in [0, 0.1) is 0 Å². The highest BCUT2D eigenvalue weighted by Gasteiger charge is 2.53. The predicted octanol–water partition coefficient (Wildman–Crippen LogP) is 7.46. The first-order valence-electron chi connectivity index (χ1n) is 23.3. The molecule has 3 heterocycles. The summed E-state index contributed by atoms with van der Waals surface area (Å²) in [4.78, 5) is 90.3. The number of H-pyrrole nitrogens is 1. The molecular weight excluding hydrogens is 863 g/mol. The number of rotatable bonds is 10. The van der Waals surface area contributed by atoms with Gasteiger partial charge in [-0.05, 0) is 132 Å². The van der Waals surface area contributed by atoms with E-state index in [1.807, 2.05) is 48.5 Å². The number of amides is 6. The van der Waals surface area contributed by atoms with Crippen LogP contribution < -0.4 is 22.1 Å². The van der Waals surface area contributed by atoms with Gasteiger partial charge in [0.2, 0.25) is 11.8 Å². The zero-order valence-corrected chi connectivity index (χ0v) is 39.6. The molecular formula is C53H61N7O8. The number of alkyl carbamates (subject to hydrolysis) is 2. The number of nitrogens with two attached hydrogens (primary N) is 2. The van der Waals surface area contributed by atoms with Gasteiger partial charge in [0.25, 0.3) is 11.8 Å². The summed E-state index contributed by atoms with van der Waals surface area (Å²) in [5, 5.41) is 6.41. The minimum Gasteiger partial charge on any atom is -0.444 e. The second-order valence-corrected chi connectivity index (χ2v) is 20.1. The number of benzene rings is 4. The fourth-order valence-electron chi connectivity index (χ4n) is 10.4. The molecule has 356 valence electrons. The molecule has 5 aromatic rings. The maximum absolute atomic E-state index is 14.8. The average Bonchev–Trinajstić information content (AvgIpc) is 4.01. The van der Waals surface area contributed by atoms with Gasteiger partial charge in [0.05, 0.1) is 0 Å². The molecule has 15 nitrogen and oxygen atoms in total. The molecule has 15 heteroatoms. The van der Waals surface area contributed by atoms with Crippen molar-refractivity contribution in [1.29, 1.82) is 0 Å². The van der Waals surface area contributed by atoms with Crippen molar-refractivity contribution in [2.45, 2.75) is 121 Å². The number of aromatic amines is 1. The molecule has 68 heavy (non-hydrogen) atoms. The Morgan fingerprint density at radius 3 is 1.56 bits per heavy atom. The maximum Gasteiger partial charge on any atom is 0.408 e. The second kappa shape index (κ2) is 18.1. The monoisotopic (exact) mass is 923 g/mol. The van der Waals surface area contributed by atoms with Crippen molar-refractivity contribution < 1.29 is 38.2 Å². The lowest BCUT2D eigenvalue weighted by Gasteiger charge is -2.38. The number of primary amides is 2. The quantitative estimate of drug-likeness (QED) is 0.0944. The van der Waals surface area contributed by atoms with E-state index in [1.165, 1.54) is 9.80 Å². The molecule has 4 atom stereocenters. The third-order valence-electron chi connectivity index (χ3n) is 13.3. The average molecular weight is 924 g/mol. The molecule has 0 spiro atoms. The highest BCUT2D eigenvalue weighted by molar-refractivity contribution is 5.99. The molecule has 8 rings (SSSR count). The van der Waals surface area contributed by atoms with E-state index >= 15 is 0 Å². The van der Waals surface area contributed by atoms with Gasteiger partial charge in [-0.2, -0.15) is 0 Å². The van der Waals surface area contributed by atoms with E-state index in [1.54, 1.807) is 90.1 Å². The van der Waals surface area contributed by atoms with E-state index in [4.69, 9.17) is 20.9 Å². The van der Waals surface area contributed by atoms with Gasteiger partial charge in [-0.15, -0.1) is 0 Å². The number of ether oxygens (including phenoxy) is 2. The lowest BCUT2D eigenvalue weighted by atomic mass is 9.83. The van der Waals surface area contributed by atoms with Crippen LogP contribution in [0.3, 0.4) is 0 Å². The van der Waals surface area contributed by atoms with E-state index < -0.39 is 70.2 Å². The summed E-state index contributed by atoms with van der Waals surface area (Å²) in [5.74, 6) is -2.31. The molecule has 2 fully saturated rings.